The molecule has 0 saturated heterocycles. The van der Waals surface area contributed by atoms with Gasteiger partial charge in [-0.2, -0.15) is 0 Å². The Hall–Kier alpha value is -2.50. The number of carbonyl (C=O) groups is 1. The number of hydrogen-bond donors (Lipinski definition) is 2. The van der Waals surface area contributed by atoms with E-state index in [-0.39, 0.29) is 24.9 Å². The number of carbonyl (C=O) groups excluding carboxylic acids is 1. The highest BCUT2D eigenvalue weighted by Crippen LogP contribution is 2.24. The molecular weight excluding hydrogens is 352 g/mol. The first-order valence-corrected chi connectivity index (χ1v) is 8.95. The van der Waals surface area contributed by atoms with E-state index < -0.39 is 6.10 Å². The van der Waals surface area contributed by atoms with E-state index in [1.54, 1.807) is 4.90 Å². The molecular formula is C20H21ClN2O3. The van der Waals surface area contributed by atoms with E-state index in [4.69, 9.17) is 16.3 Å². The number of aromatic nitrogens is 1. The molecule has 3 rings (SSSR count). The zero-order chi connectivity index (χ0) is 18.4. The van der Waals surface area contributed by atoms with Crippen LogP contribution >= 0.6 is 11.6 Å². The number of amides is 1. The first kappa shape index (κ1) is 18.3. The van der Waals surface area contributed by atoms with Gasteiger partial charge in [-0.3, -0.25) is 4.79 Å². The quantitative estimate of drug-likeness (QED) is 0.597. The lowest BCUT2D eigenvalue weighted by Crippen LogP contribution is -2.40. The number of halogens is 1. The van der Waals surface area contributed by atoms with Crippen LogP contribution in [0.15, 0.2) is 60.8 Å². The van der Waals surface area contributed by atoms with Crippen LogP contribution in [0.1, 0.15) is 5.56 Å². The third kappa shape index (κ3) is 4.56. The molecule has 0 spiro atoms. The zero-order valence-corrected chi connectivity index (χ0v) is 15.0. The molecule has 6 heteroatoms. The summed E-state index contributed by atoms with van der Waals surface area (Å²) in [4.78, 5) is 16.8. The van der Waals surface area contributed by atoms with Crippen molar-refractivity contribution in [3.05, 3.63) is 66.4 Å². The Kier molecular flexibility index (Phi) is 6.15. The second-order valence-electron chi connectivity index (χ2n) is 6.05. The summed E-state index contributed by atoms with van der Waals surface area (Å²) in [6.45, 7) is 0.644. The van der Waals surface area contributed by atoms with Gasteiger partial charge >= 0.3 is 0 Å². The number of hydrogen-bond acceptors (Lipinski definition) is 3. The molecule has 1 atom stereocenters. The SMILES string of the molecule is O=C(CCl)N(Cc1ccccc1)CC(O)COc1cccc2[nH]ccc12. The lowest BCUT2D eigenvalue weighted by Gasteiger charge is -2.25. The van der Waals surface area contributed by atoms with Gasteiger partial charge in [0.1, 0.15) is 24.3 Å². The van der Waals surface area contributed by atoms with Crippen LogP contribution < -0.4 is 4.74 Å². The fourth-order valence-corrected chi connectivity index (χ4v) is 2.99. The van der Waals surface area contributed by atoms with Crippen LogP contribution in [-0.2, 0) is 11.3 Å². The van der Waals surface area contributed by atoms with Crippen LogP contribution in [0.2, 0.25) is 0 Å². The molecule has 2 aromatic carbocycles. The third-order valence-electron chi connectivity index (χ3n) is 4.10. The van der Waals surface area contributed by atoms with Gasteiger partial charge in [-0.1, -0.05) is 36.4 Å². The van der Waals surface area contributed by atoms with Gasteiger partial charge in [0, 0.05) is 23.6 Å². The average molecular weight is 373 g/mol. The van der Waals surface area contributed by atoms with Gasteiger partial charge in [0.25, 0.3) is 0 Å². The van der Waals surface area contributed by atoms with Gasteiger partial charge in [-0.05, 0) is 23.8 Å². The Labute approximate surface area is 157 Å². The second-order valence-corrected chi connectivity index (χ2v) is 6.32. The molecule has 3 aromatic rings. The summed E-state index contributed by atoms with van der Waals surface area (Å²) in [5.41, 5.74) is 1.95. The van der Waals surface area contributed by atoms with Gasteiger partial charge < -0.3 is 19.7 Å². The number of H-pyrrole nitrogens is 1. The van der Waals surface area contributed by atoms with Crippen molar-refractivity contribution in [1.82, 2.24) is 9.88 Å². The van der Waals surface area contributed by atoms with Crippen LogP contribution in [0.25, 0.3) is 10.9 Å². The summed E-state index contributed by atoms with van der Waals surface area (Å²) in [5.74, 6) is 0.353. The first-order valence-electron chi connectivity index (χ1n) is 8.42. The summed E-state index contributed by atoms with van der Waals surface area (Å²) in [6, 6.07) is 17.2. The number of alkyl halides is 1. The molecule has 0 aliphatic rings. The van der Waals surface area contributed by atoms with E-state index in [0.717, 1.165) is 16.5 Å². The number of nitrogens with one attached hydrogen (secondary N) is 1. The highest BCUT2D eigenvalue weighted by molar-refractivity contribution is 6.27. The predicted octanol–water partition coefficient (Wildman–Crippen LogP) is 3.18. The topological polar surface area (TPSA) is 65.6 Å². The number of ether oxygens (including phenoxy) is 1. The summed E-state index contributed by atoms with van der Waals surface area (Å²) in [5, 5.41) is 11.3. The van der Waals surface area contributed by atoms with Crippen LogP contribution in [0, 0.1) is 0 Å². The van der Waals surface area contributed by atoms with Crippen molar-refractivity contribution >= 4 is 28.4 Å². The molecule has 0 fully saturated rings. The Morgan fingerprint density at radius 3 is 2.73 bits per heavy atom. The van der Waals surface area contributed by atoms with E-state index in [2.05, 4.69) is 4.98 Å². The zero-order valence-electron chi connectivity index (χ0n) is 14.3. The van der Waals surface area contributed by atoms with E-state index in [9.17, 15) is 9.90 Å². The number of fused-ring (bicyclic) bond motifs is 1. The molecule has 136 valence electrons. The maximum absolute atomic E-state index is 12.1. The molecule has 2 N–H and O–H groups in total. The van der Waals surface area contributed by atoms with Crippen molar-refractivity contribution in [2.24, 2.45) is 0 Å². The molecule has 26 heavy (non-hydrogen) atoms. The molecule has 1 unspecified atom stereocenters. The smallest absolute Gasteiger partial charge is 0.237 e. The van der Waals surface area contributed by atoms with Crippen LogP contribution in [0.4, 0.5) is 0 Å². The van der Waals surface area contributed by atoms with Crippen molar-refractivity contribution < 1.29 is 14.6 Å². The molecule has 1 amide bonds. The highest BCUT2D eigenvalue weighted by Gasteiger charge is 2.18. The molecule has 1 aromatic heterocycles. The third-order valence-corrected chi connectivity index (χ3v) is 4.33. The molecule has 0 aliphatic carbocycles. The number of aliphatic hydroxyl groups excluding tert-OH is 1. The minimum absolute atomic E-state index is 0.0884. The standard InChI is InChI=1S/C20H21ClN2O3/c21-11-20(25)23(12-15-5-2-1-3-6-15)13-16(24)14-26-19-8-4-7-18-17(19)9-10-22-18/h1-10,16,22,24H,11-14H2. The minimum Gasteiger partial charge on any atom is -0.490 e. The molecule has 0 saturated carbocycles. The van der Waals surface area contributed by atoms with Gasteiger partial charge in [-0.15, -0.1) is 11.6 Å². The molecule has 0 aliphatic heterocycles. The number of aromatic amines is 1. The lowest BCUT2D eigenvalue weighted by atomic mass is 10.2. The second kappa shape index (κ2) is 8.74. The number of rotatable bonds is 8. The average Bonchev–Trinajstić information content (AvgIpc) is 3.15. The monoisotopic (exact) mass is 372 g/mol. The Morgan fingerprint density at radius 1 is 1.15 bits per heavy atom. The molecule has 0 bridgehead atoms. The Morgan fingerprint density at radius 2 is 1.96 bits per heavy atom. The lowest BCUT2D eigenvalue weighted by molar-refractivity contribution is -0.130. The first-order chi connectivity index (χ1) is 12.7. The van der Waals surface area contributed by atoms with E-state index in [1.807, 2.05) is 60.8 Å². The van der Waals surface area contributed by atoms with Crippen LogP contribution in [-0.4, -0.2) is 46.0 Å². The minimum atomic E-state index is -0.819. The van der Waals surface area contributed by atoms with Gasteiger partial charge in [0.2, 0.25) is 5.91 Å². The van der Waals surface area contributed by atoms with Crippen LogP contribution in [0.3, 0.4) is 0 Å². The Bertz CT molecular complexity index is 850. The van der Waals surface area contributed by atoms with Gasteiger partial charge in [0.05, 0.1) is 6.54 Å². The number of benzene rings is 2. The number of nitrogens with zero attached hydrogens (tertiary/aromatic N) is 1. The maximum atomic E-state index is 12.1. The summed E-state index contributed by atoms with van der Waals surface area (Å²) >= 11 is 5.71. The summed E-state index contributed by atoms with van der Waals surface area (Å²) in [7, 11) is 0. The van der Waals surface area contributed by atoms with E-state index >= 15 is 0 Å². The van der Waals surface area contributed by atoms with Crippen LogP contribution in [0.5, 0.6) is 5.75 Å². The largest absolute Gasteiger partial charge is 0.490 e. The van der Waals surface area contributed by atoms with E-state index in [1.165, 1.54) is 0 Å². The van der Waals surface area contributed by atoms with Crippen molar-refractivity contribution in [1.29, 1.82) is 0 Å². The molecule has 1 heterocycles. The highest BCUT2D eigenvalue weighted by atomic mass is 35.5. The molecule has 0 radical (unpaired) electrons. The van der Waals surface area contributed by atoms with Crippen molar-refractivity contribution in [3.8, 4) is 5.75 Å². The van der Waals surface area contributed by atoms with Crippen molar-refractivity contribution in [3.63, 3.8) is 0 Å². The summed E-state index contributed by atoms with van der Waals surface area (Å²) < 4.78 is 5.76. The number of aliphatic hydroxyl groups is 1. The maximum Gasteiger partial charge on any atom is 0.237 e. The van der Waals surface area contributed by atoms with Crippen molar-refractivity contribution in [2.75, 3.05) is 19.0 Å². The predicted molar refractivity (Wildman–Crippen MR) is 102 cm³/mol. The van der Waals surface area contributed by atoms with Gasteiger partial charge in [-0.25, -0.2) is 0 Å². The normalized spacial score (nSPS) is 12.1. The fourth-order valence-electron chi connectivity index (χ4n) is 2.82. The van der Waals surface area contributed by atoms with Gasteiger partial charge in [0.15, 0.2) is 0 Å². The summed E-state index contributed by atoms with van der Waals surface area (Å²) in [6.07, 6.45) is 1.02. The van der Waals surface area contributed by atoms with Crippen molar-refractivity contribution in [2.45, 2.75) is 12.6 Å². The Balaban J connectivity index is 1.61. The van der Waals surface area contributed by atoms with E-state index in [0.29, 0.717) is 12.3 Å². The molecule has 5 nitrogen and oxygen atoms in total. The fraction of sp³-hybridized carbons (Fsp3) is 0.250.